The number of ether oxygens (including phenoxy) is 1. The Kier molecular flexibility index (Phi) is 5.87. The van der Waals surface area contributed by atoms with Gasteiger partial charge >= 0.3 is 0 Å². The molecule has 2 rings (SSSR count). The Morgan fingerprint density at radius 2 is 2.00 bits per heavy atom. The fourth-order valence-corrected chi connectivity index (χ4v) is 2.32. The molecule has 0 fully saturated rings. The highest BCUT2D eigenvalue weighted by Gasteiger charge is 2.21. The van der Waals surface area contributed by atoms with Gasteiger partial charge in [-0.2, -0.15) is 0 Å². The first-order valence-electron chi connectivity index (χ1n) is 7.70. The zero-order valence-corrected chi connectivity index (χ0v) is 14.4. The van der Waals surface area contributed by atoms with Gasteiger partial charge in [0.05, 0.1) is 18.8 Å². The second kappa shape index (κ2) is 7.68. The summed E-state index contributed by atoms with van der Waals surface area (Å²) in [6.45, 7) is 6.87. The molecule has 1 aromatic carbocycles. The van der Waals surface area contributed by atoms with Crippen molar-refractivity contribution in [2.45, 2.75) is 32.9 Å². The van der Waals surface area contributed by atoms with Gasteiger partial charge in [-0.1, -0.05) is 6.07 Å². The summed E-state index contributed by atoms with van der Waals surface area (Å²) in [4.78, 5) is 1.96. The summed E-state index contributed by atoms with van der Waals surface area (Å²) >= 11 is 0. The lowest BCUT2D eigenvalue weighted by molar-refractivity contribution is 0.0332. The molecular formula is C17H25N3O3. The molecule has 1 aromatic heterocycles. The molecule has 1 heterocycles. The highest BCUT2D eigenvalue weighted by atomic mass is 16.5. The Bertz CT molecular complexity index is 642. The molecule has 0 spiro atoms. The van der Waals surface area contributed by atoms with Crippen molar-refractivity contribution in [3.8, 4) is 11.5 Å². The highest BCUT2D eigenvalue weighted by Crippen LogP contribution is 2.24. The van der Waals surface area contributed by atoms with E-state index in [0.29, 0.717) is 24.9 Å². The maximum atomic E-state index is 9.82. The Labute approximate surface area is 137 Å². The Morgan fingerprint density at radius 3 is 2.65 bits per heavy atom. The van der Waals surface area contributed by atoms with Crippen LogP contribution in [0.15, 0.2) is 22.6 Å². The van der Waals surface area contributed by atoms with Crippen LogP contribution in [0.5, 0.6) is 0 Å². The molecule has 0 saturated heterocycles. The van der Waals surface area contributed by atoms with E-state index in [1.54, 1.807) is 7.11 Å². The molecule has 0 aliphatic carbocycles. The van der Waals surface area contributed by atoms with E-state index in [1.807, 2.05) is 37.1 Å². The van der Waals surface area contributed by atoms with Crippen molar-refractivity contribution in [2.24, 2.45) is 0 Å². The van der Waals surface area contributed by atoms with Gasteiger partial charge in [-0.15, -0.1) is 10.2 Å². The zero-order chi connectivity index (χ0) is 17.0. The minimum absolute atomic E-state index is 0.0886. The topological polar surface area (TPSA) is 71.6 Å². The van der Waals surface area contributed by atoms with Gasteiger partial charge in [-0.3, -0.25) is 4.90 Å². The molecule has 0 saturated carbocycles. The predicted molar refractivity (Wildman–Crippen MR) is 88.1 cm³/mol. The van der Waals surface area contributed by atoms with Gasteiger partial charge in [0.15, 0.2) is 0 Å². The van der Waals surface area contributed by atoms with Crippen molar-refractivity contribution in [1.82, 2.24) is 15.1 Å². The van der Waals surface area contributed by atoms with E-state index in [9.17, 15) is 5.11 Å². The van der Waals surface area contributed by atoms with Gasteiger partial charge in [0.2, 0.25) is 11.8 Å². The quantitative estimate of drug-likeness (QED) is 0.844. The molecule has 2 aromatic rings. The Balaban J connectivity index is 2.10. The molecule has 2 unspecified atom stereocenters. The lowest BCUT2D eigenvalue weighted by Crippen LogP contribution is -2.33. The Hall–Kier alpha value is -1.76. The lowest BCUT2D eigenvalue weighted by Gasteiger charge is -2.24. The highest BCUT2D eigenvalue weighted by molar-refractivity contribution is 5.55. The van der Waals surface area contributed by atoms with Crippen molar-refractivity contribution >= 4 is 0 Å². The van der Waals surface area contributed by atoms with Crippen LogP contribution in [0.4, 0.5) is 0 Å². The lowest BCUT2D eigenvalue weighted by atomic mass is 10.1. The third-order valence-corrected chi connectivity index (χ3v) is 4.07. The summed E-state index contributed by atoms with van der Waals surface area (Å²) in [5.74, 6) is 1.05. The molecule has 6 heteroatoms. The molecule has 1 N–H and O–H groups in total. The number of methoxy groups -OCH3 is 1. The van der Waals surface area contributed by atoms with Gasteiger partial charge in [-0.25, -0.2) is 0 Å². The summed E-state index contributed by atoms with van der Waals surface area (Å²) < 4.78 is 10.8. The van der Waals surface area contributed by atoms with Crippen LogP contribution in [0.3, 0.4) is 0 Å². The van der Waals surface area contributed by atoms with Crippen molar-refractivity contribution in [2.75, 3.05) is 27.3 Å². The van der Waals surface area contributed by atoms with E-state index in [2.05, 4.69) is 24.0 Å². The number of aliphatic hydroxyl groups excluding tert-OH is 1. The number of hydrogen-bond acceptors (Lipinski definition) is 6. The maximum Gasteiger partial charge on any atom is 0.247 e. The van der Waals surface area contributed by atoms with E-state index in [0.717, 1.165) is 5.56 Å². The van der Waals surface area contributed by atoms with Crippen molar-refractivity contribution < 1.29 is 14.3 Å². The predicted octanol–water partition coefficient (Wildman–Crippen LogP) is 2.35. The number of benzene rings is 1. The average molecular weight is 319 g/mol. The van der Waals surface area contributed by atoms with E-state index < -0.39 is 6.10 Å². The van der Waals surface area contributed by atoms with Crippen LogP contribution >= 0.6 is 0 Å². The number of aryl methyl sites for hydroxylation is 2. The van der Waals surface area contributed by atoms with Crippen LogP contribution in [0.25, 0.3) is 11.5 Å². The molecule has 0 bridgehead atoms. The second-order valence-electron chi connectivity index (χ2n) is 5.97. The first-order chi connectivity index (χ1) is 10.9. The third-order valence-electron chi connectivity index (χ3n) is 4.07. The number of likely N-dealkylation sites (N-methyl/N-ethyl adjacent to an activating group) is 1. The van der Waals surface area contributed by atoms with E-state index in [4.69, 9.17) is 9.15 Å². The molecule has 23 heavy (non-hydrogen) atoms. The van der Waals surface area contributed by atoms with Gasteiger partial charge in [-0.05, 0) is 51.1 Å². The van der Waals surface area contributed by atoms with E-state index in [1.165, 1.54) is 11.1 Å². The second-order valence-corrected chi connectivity index (χ2v) is 5.97. The summed E-state index contributed by atoms with van der Waals surface area (Å²) in [6.07, 6.45) is -0.547. The summed E-state index contributed by atoms with van der Waals surface area (Å²) in [6, 6.07) is 5.99. The average Bonchev–Trinajstić information content (AvgIpc) is 2.99. The first kappa shape index (κ1) is 17.6. The maximum absolute atomic E-state index is 9.82. The van der Waals surface area contributed by atoms with Crippen LogP contribution in [0.2, 0.25) is 0 Å². The molecule has 6 nitrogen and oxygen atoms in total. The zero-order valence-electron chi connectivity index (χ0n) is 14.4. The molecule has 0 aliphatic rings. The first-order valence-corrected chi connectivity index (χ1v) is 7.70. The van der Waals surface area contributed by atoms with Crippen LogP contribution in [0.1, 0.15) is 30.0 Å². The third kappa shape index (κ3) is 4.37. The monoisotopic (exact) mass is 319 g/mol. The number of aliphatic hydroxyl groups is 1. The fraction of sp³-hybridized carbons (Fsp3) is 0.529. The minimum Gasteiger partial charge on any atom is -0.419 e. The molecule has 0 radical (unpaired) electrons. The van der Waals surface area contributed by atoms with Crippen LogP contribution < -0.4 is 0 Å². The van der Waals surface area contributed by atoms with Crippen LogP contribution in [-0.2, 0) is 4.74 Å². The summed E-state index contributed by atoms with van der Waals surface area (Å²) in [7, 11) is 3.48. The number of aromatic nitrogens is 2. The van der Waals surface area contributed by atoms with Gasteiger partial charge in [0.25, 0.3) is 0 Å². The molecule has 0 aliphatic heterocycles. The fourth-order valence-electron chi connectivity index (χ4n) is 2.32. The van der Waals surface area contributed by atoms with E-state index in [-0.39, 0.29) is 6.04 Å². The largest absolute Gasteiger partial charge is 0.419 e. The normalized spacial score (nSPS) is 14.2. The van der Waals surface area contributed by atoms with Crippen LogP contribution in [-0.4, -0.2) is 53.6 Å². The number of nitrogens with zero attached hydrogens (tertiary/aromatic N) is 3. The van der Waals surface area contributed by atoms with Gasteiger partial charge in [0.1, 0.15) is 0 Å². The van der Waals surface area contributed by atoms with Crippen molar-refractivity contribution in [1.29, 1.82) is 0 Å². The summed E-state index contributed by atoms with van der Waals surface area (Å²) in [5.41, 5.74) is 3.34. The summed E-state index contributed by atoms with van der Waals surface area (Å²) in [5, 5.41) is 18.1. The standard InChI is InChI=1S/C17H25N3O3/c1-11-6-7-14(8-12(11)2)17-19-18-16(23-17)13(3)20(4)9-15(21)10-22-5/h6-8,13,15,21H,9-10H2,1-5H3. The van der Waals surface area contributed by atoms with Crippen molar-refractivity contribution in [3.63, 3.8) is 0 Å². The van der Waals surface area contributed by atoms with Gasteiger partial charge in [0, 0.05) is 19.2 Å². The molecular weight excluding hydrogens is 294 g/mol. The molecule has 2 atom stereocenters. The molecule has 126 valence electrons. The van der Waals surface area contributed by atoms with Gasteiger partial charge < -0.3 is 14.3 Å². The minimum atomic E-state index is -0.547. The Morgan fingerprint density at radius 1 is 1.26 bits per heavy atom. The van der Waals surface area contributed by atoms with Crippen LogP contribution in [0, 0.1) is 13.8 Å². The number of rotatable bonds is 7. The molecule has 0 amide bonds. The number of hydrogen-bond donors (Lipinski definition) is 1. The SMILES string of the molecule is COCC(O)CN(C)C(C)c1nnc(-c2ccc(C)c(C)c2)o1. The van der Waals surface area contributed by atoms with Crippen molar-refractivity contribution in [3.05, 3.63) is 35.2 Å². The smallest absolute Gasteiger partial charge is 0.247 e. The van der Waals surface area contributed by atoms with E-state index >= 15 is 0 Å².